The van der Waals surface area contributed by atoms with Gasteiger partial charge >= 0.3 is 5.63 Å². The maximum absolute atomic E-state index is 12.9. The molecule has 0 atom stereocenters. The monoisotopic (exact) mass is 361 g/mol. The van der Waals surface area contributed by atoms with Gasteiger partial charge in [0.2, 0.25) is 5.78 Å². The number of ketones is 1. The topological polar surface area (TPSA) is 61.4 Å². The first-order chi connectivity index (χ1) is 12.9. The summed E-state index contributed by atoms with van der Waals surface area (Å²) >= 11 is 0. The third kappa shape index (κ3) is 3.01. The molecule has 0 radical (unpaired) electrons. The van der Waals surface area contributed by atoms with E-state index in [4.69, 9.17) is 9.15 Å². The Labute approximate surface area is 155 Å². The predicted octanol–water partition coefficient (Wildman–Crippen LogP) is 4.16. The molecule has 27 heavy (non-hydrogen) atoms. The van der Waals surface area contributed by atoms with Crippen molar-refractivity contribution in [2.45, 2.75) is 13.8 Å². The van der Waals surface area contributed by atoms with Crippen molar-refractivity contribution in [2.75, 3.05) is 6.61 Å². The van der Waals surface area contributed by atoms with Crippen LogP contribution in [0.1, 0.15) is 21.6 Å². The smallest absolute Gasteiger partial charge is 0.336 e. The van der Waals surface area contributed by atoms with Crippen LogP contribution in [0.2, 0.25) is 0 Å². The summed E-state index contributed by atoms with van der Waals surface area (Å²) in [5.41, 5.74) is 3.79. The van der Waals surface area contributed by atoms with Gasteiger partial charge in [0.1, 0.15) is 11.3 Å². The molecular weight excluding hydrogens is 342 g/mol. The number of hydrogen-bond acceptors (Lipinski definition) is 4. The SMILES string of the molecule is Cc1ccc2c(C(=O)COc3ccc4ccc(=O)oc4c3)c(C)n(C)c2c1. The summed E-state index contributed by atoms with van der Waals surface area (Å²) in [5.74, 6) is 0.399. The highest BCUT2D eigenvalue weighted by Gasteiger charge is 2.19. The molecule has 4 rings (SSSR count). The van der Waals surface area contributed by atoms with Crippen LogP contribution in [0.3, 0.4) is 0 Å². The number of hydrogen-bond donors (Lipinski definition) is 0. The summed E-state index contributed by atoms with van der Waals surface area (Å²) in [5, 5.41) is 1.73. The molecule has 136 valence electrons. The fourth-order valence-corrected chi connectivity index (χ4v) is 3.38. The van der Waals surface area contributed by atoms with Gasteiger partial charge in [0, 0.05) is 46.7 Å². The van der Waals surface area contributed by atoms with E-state index in [1.165, 1.54) is 6.07 Å². The summed E-state index contributed by atoms with van der Waals surface area (Å²) in [4.78, 5) is 24.2. The lowest BCUT2D eigenvalue weighted by molar-refractivity contribution is 0.0922. The van der Waals surface area contributed by atoms with Crippen molar-refractivity contribution in [1.82, 2.24) is 4.57 Å². The van der Waals surface area contributed by atoms with Crippen LogP contribution >= 0.6 is 0 Å². The first-order valence-corrected chi connectivity index (χ1v) is 8.69. The normalized spacial score (nSPS) is 11.2. The molecule has 0 fully saturated rings. The molecule has 2 aromatic carbocycles. The van der Waals surface area contributed by atoms with Crippen molar-refractivity contribution in [3.8, 4) is 5.75 Å². The van der Waals surface area contributed by atoms with E-state index < -0.39 is 5.63 Å². The Kier molecular flexibility index (Phi) is 4.07. The third-order valence-corrected chi connectivity index (χ3v) is 4.89. The van der Waals surface area contributed by atoms with Gasteiger partial charge in [-0.2, -0.15) is 0 Å². The molecule has 0 unspecified atom stereocenters. The second-order valence-corrected chi connectivity index (χ2v) is 6.71. The summed E-state index contributed by atoms with van der Waals surface area (Å²) < 4.78 is 12.9. The zero-order valence-corrected chi connectivity index (χ0v) is 15.4. The summed E-state index contributed by atoms with van der Waals surface area (Å²) in [6.45, 7) is 3.88. The van der Waals surface area contributed by atoms with Gasteiger partial charge in [0.25, 0.3) is 0 Å². The molecule has 0 aliphatic rings. The molecule has 4 aromatic rings. The Balaban J connectivity index is 1.62. The van der Waals surface area contributed by atoms with Crippen molar-refractivity contribution in [3.05, 3.63) is 75.8 Å². The lowest BCUT2D eigenvalue weighted by Gasteiger charge is -2.07. The van der Waals surface area contributed by atoms with Crippen LogP contribution in [-0.2, 0) is 7.05 Å². The van der Waals surface area contributed by atoms with Crippen molar-refractivity contribution in [3.63, 3.8) is 0 Å². The number of rotatable bonds is 4. The van der Waals surface area contributed by atoms with Crippen LogP contribution in [0.5, 0.6) is 5.75 Å². The maximum Gasteiger partial charge on any atom is 0.336 e. The number of aryl methyl sites for hydroxylation is 2. The first-order valence-electron chi connectivity index (χ1n) is 8.69. The first kappa shape index (κ1) is 17.1. The van der Waals surface area contributed by atoms with Crippen molar-refractivity contribution in [1.29, 1.82) is 0 Å². The number of carbonyl (C=O) groups is 1. The number of Topliss-reactive ketones (excluding diaryl/α,β-unsaturated/α-hetero) is 1. The standard InChI is InChI=1S/C22H19NO4/c1-13-4-8-17-18(10-13)23(3)14(2)22(17)19(24)12-26-16-7-5-15-6-9-21(25)27-20(15)11-16/h4-11H,12H2,1-3H3. The van der Waals surface area contributed by atoms with E-state index >= 15 is 0 Å². The molecule has 0 aliphatic heterocycles. The van der Waals surface area contributed by atoms with Gasteiger partial charge in [0.15, 0.2) is 6.61 Å². The lowest BCUT2D eigenvalue weighted by Crippen LogP contribution is -2.13. The van der Waals surface area contributed by atoms with Crippen LogP contribution < -0.4 is 10.4 Å². The molecule has 2 aromatic heterocycles. The molecule has 0 N–H and O–H groups in total. The van der Waals surface area contributed by atoms with E-state index in [0.29, 0.717) is 16.9 Å². The maximum atomic E-state index is 12.9. The highest BCUT2D eigenvalue weighted by atomic mass is 16.5. The molecule has 0 saturated heterocycles. The van der Waals surface area contributed by atoms with Gasteiger partial charge in [-0.3, -0.25) is 4.79 Å². The fourth-order valence-electron chi connectivity index (χ4n) is 3.38. The largest absolute Gasteiger partial charge is 0.485 e. The molecule has 0 spiro atoms. The highest BCUT2D eigenvalue weighted by Crippen LogP contribution is 2.27. The van der Waals surface area contributed by atoms with E-state index in [0.717, 1.165) is 27.5 Å². The Hall–Kier alpha value is -3.34. The minimum absolute atomic E-state index is 0.0865. The summed E-state index contributed by atoms with van der Waals surface area (Å²) in [6.07, 6.45) is 0. The highest BCUT2D eigenvalue weighted by molar-refractivity contribution is 6.10. The second-order valence-electron chi connectivity index (χ2n) is 6.71. The van der Waals surface area contributed by atoms with Crippen molar-refractivity contribution >= 4 is 27.7 Å². The number of benzene rings is 2. The second kappa shape index (κ2) is 6.43. The molecule has 0 saturated carbocycles. The number of fused-ring (bicyclic) bond motifs is 2. The number of nitrogens with zero attached hydrogens (tertiary/aromatic N) is 1. The molecular formula is C22H19NO4. The van der Waals surface area contributed by atoms with E-state index in [-0.39, 0.29) is 12.4 Å². The molecule has 0 amide bonds. The zero-order chi connectivity index (χ0) is 19.1. The number of carbonyl (C=O) groups excluding carboxylic acids is 1. The van der Waals surface area contributed by atoms with E-state index in [2.05, 4.69) is 6.07 Å². The lowest BCUT2D eigenvalue weighted by atomic mass is 10.1. The fraction of sp³-hybridized carbons (Fsp3) is 0.182. The van der Waals surface area contributed by atoms with Crippen molar-refractivity contribution in [2.24, 2.45) is 7.05 Å². The molecule has 5 heteroatoms. The average Bonchev–Trinajstić information content (AvgIpc) is 2.90. The Morgan fingerprint density at radius 1 is 1.07 bits per heavy atom. The molecule has 0 aliphatic carbocycles. The molecule has 2 heterocycles. The quantitative estimate of drug-likeness (QED) is 0.404. The Morgan fingerprint density at radius 2 is 1.85 bits per heavy atom. The van der Waals surface area contributed by atoms with Gasteiger partial charge in [-0.05, 0) is 43.7 Å². The number of aromatic nitrogens is 1. The van der Waals surface area contributed by atoms with Gasteiger partial charge < -0.3 is 13.7 Å². The number of ether oxygens (including phenoxy) is 1. The van der Waals surface area contributed by atoms with E-state index in [9.17, 15) is 9.59 Å². The van der Waals surface area contributed by atoms with Crippen LogP contribution in [0.15, 0.2) is 57.7 Å². The third-order valence-electron chi connectivity index (χ3n) is 4.89. The van der Waals surface area contributed by atoms with Gasteiger partial charge in [-0.25, -0.2) is 4.79 Å². The van der Waals surface area contributed by atoms with Gasteiger partial charge in [-0.1, -0.05) is 12.1 Å². The van der Waals surface area contributed by atoms with E-state index in [1.54, 1.807) is 24.3 Å². The Morgan fingerprint density at radius 3 is 2.67 bits per heavy atom. The predicted molar refractivity (Wildman–Crippen MR) is 105 cm³/mol. The zero-order valence-electron chi connectivity index (χ0n) is 15.4. The van der Waals surface area contributed by atoms with Crippen LogP contribution in [0, 0.1) is 13.8 Å². The Bertz CT molecular complexity index is 1250. The summed E-state index contributed by atoms with van der Waals surface area (Å²) in [7, 11) is 1.96. The van der Waals surface area contributed by atoms with E-state index in [1.807, 2.05) is 37.6 Å². The van der Waals surface area contributed by atoms with Crippen LogP contribution in [-0.4, -0.2) is 17.0 Å². The minimum atomic E-state index is -0.419. The molecule has 0 bridgehead atoms. The summed E-state index contributed by atoms with van der Waals surface area (Å²) in [6, 6.07) is 14.3. The van der Waals surface area contributed by atoms with Crippen molar-refractivity contribution < 1.29 is 13.9 Å². The average molecular weight is 361 g/mol. The van der Waals surface area contributed by atoms with Crippen LogP contribution in [0.25, 0.3) is 21.9 Å². The van der Waals surface area contributed by atoms with Gasteiger partial charge in [-0.15, -0.1) is 0 Å². The molecule has 5 nitrogen and oxygen atoms in total. The van der Waals surface area contributed by atoms with Crippen LogP contribution in [0.4, 0.5) is 0 Å². The minimum Gasteiger partial charge on any atom is -0.485 e. The van der Waals surface area contributed by atoms with Gasteiger partial charge in [0.05, 0.1) is 0 Å².